The predicted octanol–water partition coefficient (Wildman–Crippen LogP) is 4.22. The molecular weight excluding hydrogens is 227 g/mol. The fraction of sp³-hybridized carbons (Fsp3) is 0.111. The van der Waals surface area contributed by atoms with Gasteiger partial charge in [-0.15, -0.1) is 11.3 Å². The molecule has 0 amide bonds. The number of hydrogen-bond acceptors (Lipinski definition) is 2. The molecule has 1 aromatic heterocycles. The van der Waals surface area contributed by atoms with Crippen LogP contribution in [0.3, 0.4) is 0 Å². The second-order valence-electron chi connectivity index (χ2n) is 2.57. The fourth-order valence-corrected chi connectivity index (χ4v) is 2.68. The lowest BCUT2D eigenvalue weighted by molar-refractivity contribution is 0.415. The van der Waals surface area contributed by atoms with Gasteiger partial charge in [0.1, 0.15) is 5.75 Å². The zero-order valence-corrected chi connectivity index (χ0v) is 9.13. The van der Waals surface area contributed by atoms with Gasteiger partial charge in [-0.05, 0) is 18.2 Å². The fourth-order valence-electron chi connectivity index (χ4n) is 1.16. The summed E-state index contributed by atoms with van der Waals surface area (Å²) in [7, 11) is 1.62. The van der Waals surface area contributed by atoms with Crippen LogP contribution in [0.25, 0.3) is 10.1 Å². The van der Waals surface area contributed by atoms with Crippen molar-refractivity contribution in [2.45, 2.75) is 0 Å². The van der Waals surface area contributed by atoms with Crippen molar-refractivity contribution >= 4 is 44.6 Å². The summed E-state index contributed by atoms with van der Waals surface area (Å²) in [5, 5.41) is 1.66. The molecule has 0 radical (unpaired) electrons. The van der Waals surface area contributed by atoms with E-state index in [0.717, 1.165) is 20.2 Å². The van der Waals surface area contributed by atoms with Crippen LogP contribution in [0.1, 0.15) is 0 Å². The molecule has 0 unspecified atom stereocenters. The molecule has 2 rings (SSSR count). The number of thiophene rings is 1. The molecule has 0 bridgehead atoms. The third kappa shape index (κ3) is 1.62. The molecule has 0 saturated carbocycles. The maximum atomic E-state index is 6.02. The van der Waals surface area contributed by atoms with Gasteiger partial charge in [0.2, 0.25) is 0 Å². The average molecular weight is 233 g/mol. The second kappa shape index (κ2) is 3.37. The minimum absolute atomic E-state index is 0.678. The van der Waals surface area contributed by atoms with E-state index >= 15 is 0 Å². The summed E-state index contributed by atoms with van der Waals surface area (Å²) >= 11 is 13.4. The van der Waals surface area contributed by atoms with E-state index in [1.807, 2.05) is 12.1 Å². The number of ether oxygens (including phenoxy) is 1. The molecule has 1 nitrogen and oxygen atoms in total. The lowest BCUT2D eigenvalue weighted by Gasteiger charge is -2.00. The summed E-state index contributed by atoms with van der Waals surface area (Å²) in [5.41, 5.74) is 0. The van der Waals surface area contributed by atoms with Crippen LogP contribution in [-0.2, 0) is 0 Å². The zero-order chi connectivity index (χ0) is 9.42. The molecule has 4 heteroatoms. The van der Waals surface area contributed by atoms with Gasteiger partial charge in [-0.2, -0.15) is 0 Å². The average Bonchev–Trinajstić information content (AvgIpc) is 2.46. The Hall–Kier alpha value is -0.440. The van der Waals surface area contributed by atoms with E-state index in [9.17, 15) is 0 Å². The van der Waals surface area contributed by atoms with Gasteiger partial charge in [0, 0.05) is 10.1 Å². The second-order valence-corrected chi connectivity index (χ2v) is 4.69. The normalized spacial score (nSPS) is 10.7. The topological polar surface area (TPSA) is 9.23 Å². The maximum absolute atomic E-state index is 6.02. The standard InChI is InChI=1S/C9H6Cl2OS/c1-12-5-2-7(10)6-4-9(11)13-8(6)3-5/h2-4H,1H3. The van der Waals surface area contributed by atoms with Crippen LogP contribution in [0.2, 0.25) is 9.36 Å². The molecule has 2 aromatic rings. The molecule has 0 spiro atoms. The first-order chi connectivity index (χ1) is 6.20. The van der Waals surface area contributed by atoms with Crippen molar-refractivity contribution in [1.29, 1.82) is 0 Å². The summed E-state index contributed by atoms with van der Waals surface area (Å²) in [4.78, 5) is 0. The molecule has 1 heterocycles. The van der Waals surface area contributed by atoms with Crippen molar-refractivity contribution in [2.24, 2.45) is 0 Å². The highest BCUT2D eigenvalue weighted by atomic mass is 35.5. The van der Waals surface area contributed by atoms with Gasteiger partial charge in [-0.1, -0.05) is 23.2 Å². The number of halogens is 2. The van der Waals surface area contributed by atoms with Crippen LogP contribution in [0.4, 0.5) is 0 Å². The lowest BCUT2D eigenvalue weighted by Crippen LogP contribution is -1.81. The van der Waals surface area contributed by atoms with Crippen molar-refractivity contribution in [3.8, 4) is 5.75 Å². The minimum atomic E-state index is 0.678. The van der Waals surface area contributed by atoms with Gasteiger partial charge in [0.05, 0.1) is 16.5 Å². The Morgan fingerprint density at radius 1 is 1.23 bits per heavy atom. The molecule has 0 aliphatic rings. The number of rotatable bonds is 1. The van der Waals surface area contributed by atoms with Crippen molar-refractivity contribution in [3.63, 3.8) is 0 Å². The largest absolute Gasteiger partial charge is 0.497 e. The highest BCUT2D eigenvalue weighted by molar-refractivity contribution is 7.22. The Kier molecular flexibility index (Phi) is 2.37. The number of hydrogen-bond donors (Lipinski definition) is 0. The smallest absolute Gasteiger partial charge is 0.121 e. The quantitative estimate of drug-likeness (QED) is 0.716. The summed E-state index contributed by atoms with van der Waals surface area (Å²) < 4.78 is 6.88. The van der Waals surface area contributed by atoms with E-state index in [1.165, 1.54) is 11.3 Å². The zero-order valence-electron chi connectivity index (χ0n) is 6.80. The minimum Gasteiger partial charge on any atom is -0.497 e. The Morgan fingerprint density at radius 3 is 2.69 bits per heavy atom. The van der Waals surface area contributed by atoms with Crippen LogP contribution in [0.15, 0.2) is 18.2 Å². The molecule has 0 aliphatic carbocycles. The van der Waals surface area contributed by atoms with Gasteiger partial charge < -0.3 is 4.74 Å². The monoisotopic (exact) mass is 232 g/mol. The van der Waals surface area contributed by atoms with E-state index in [-0.39, 0.29) is 0 Å². The van der Waals surface area contributed by atoms with Gasteiger partial charge in [0.25, 0.3) is 0 Å². The van der Waals surface area contributed by atoms with Crippen LogP contribution < -0.4 is 4.74 Å². The van der Waals surface area contributed by atoms with Gasteiger partial charge in [-0.3, -0.25) is 0 Å². The molecule has 0 fully saturated rings. The molecule has 1 aromatic carbocycles. The van der Waals surface area contributed by atoms with Crippen LogP contribution in [-0.4, -0.2) is 7.11 Å². The predicted molar refractivity (Wildman–Crippen MR) is 58.4 cm³/mol. The van der Waals surface area contributed by atoms with Crippen LogP contribution >= 0.6 is 34.5 Å². The SMILES string of the molecule is COc1cc(Cl)c2cc(Cl)sc2c1. The van der Waals surface area contributed by atoms with Crippen molar-refractivity contribution in [1.82, 2.24) is 0 Å². The number of methoxy groups -OCH3 is 1. The van der Waals surface area contributed by atoms with Gasteiger partial charge >= 0.3 is 0 Å². The molecular formula is C9H6Cl2OS. The molecule has 68 valence electrons. The summed E-state index contributed by atoms with van der Waals surface area (Å²) in [6.07, 6.45) is 0. The highest BCUT2D eigenvalue weighted by Crippen LogP contribution is 2.36. The summed E-state index contributed by atoms with van der Waals surface area (Å²) in [5.74, 6) is 0.760. The van der Waals surface area contributed by atoms with Crippen molar-refractivity contribution in [3.05, 3.63) is 27.6 Å². The van der Waals surface area contributed by atoms with Gasteiger partial charge in [0.15, 0.2) is 0 Å². The number of benzene rings is 1. The molecule has 0 atom stereocenters. The van der Waals surface area contributed by atoms with Crippen molar-refractivity contribution < 1.29 is 4.74 Å². The molecule has 13 heavy (non-hydrogen) atoms. The Bertz CT molecular complexity index is 450. The van der Waals surface area contributed by atoms with E-state index in [2.05, 4.69) is 0 Å². The molecule has 0 aliphatic heterocycles. The van der Waals surface area contributed by atoms with E-state index in [0.29, 0.717) is 5.02 Å². The summed E-state index contributed by atoms with van der Waals surface area (Å²) in [6, 6.07) is 5.58. The highest BCUT2D eigenvalue weighted by Gasteiger charge is 2.06. The van der Waals surface area contributed by atoms with Crippen LogP contribution in [0.5, 0.6) is 5.75 Å². The van der Waals surface area contributed by atoms with E-state index < -0.39 is 0 Å². The van der Waals surface area contributed by atoms with E-state index in [4.69, 9.17) is 27.9 Å². The van der Waals surface area contributed by atoms with Crippen LogP contribution in [0, 0.1) is 0 Å². The van der Waals surface area contributed by atoms with Gasteiger partial charge in [-0.25, -0.2) is 0 Å². The summed E-state index contributed by atoms with van der Waals surface area (Å²) in [6.45, 7) is 0. The Labute approximate surface area is 89.8 Å². The van der Waals surface area contributed by atoms with Crippen molar-refractivity contribution in [2.75, 3.05) is 7.11 Å². The first-order valence-corrected chi connectivity index (χ1v) is 5.20. The van der Waals surface area contributed by atoms with E-state index in [1.54, 1.807) is 13.2 Å². The molecule has 0 N–H and O–H groups in total. The Balaban J connectivity index is 2.75. The third-order valence-corrected chi connectivity index (χ3v) is 3.29. The first-order valence-electron chi connectivity index (χ1n) is 3.63. The first kappa shape index (κ1) is 9.13. The molecule has 0 saturated heterocycles. The number of fused-ring (bicyclic) bond motifs is 1. The maximum Gasteiger partial charge on any atom is 0.121 e. The third-order valence-electron chi connectivity index (χ3n) is 1.77. The lowest BCUT2D eigenvalue weighted by atomic mass is 10.2. The Morgan fingerprint density at radius 2 is 2.00 bits per heavy atom.